The van der Waals surface area contributed by atoms with E-state index in [1.165, 1.54) is 4.88 Å². The minimum Gasteiger partial charge on any atom is -0.490 e. The molecule has 1 N–H and O–H groups in total. The van der Waals surface area contributed by atoms with E-state index in [1.54, 1.807) is 11.3 Å². The average Bonchev–Trinajstić information content (AvgIpc) is 2.87. The molecule has 5 heteroatoms. The van der Waals surface area contributed by atoms with Crippen molar-refractivity contribution in [2.75, 3.05) is 20.3 Å². The van der Waals surface area contributed by atoms with Crippen LogP contribution in [0.3, 0.4) is 0 Å². The van der Waals surface area contributed by atoms with Crippen LogP contribution in [0, 0.1) is 0 Å². The first kappa shape index (κ1) is 13.7. The molecule has 1 unspecified atom stereocenters. The predicted octanol–water partition coefficient (Wildman–Crippen LogP) is 3.87. The van der Waals surface area contributed by atoms with Crippen LogP contribution in [-0.2, 0) is 0 Å². The number of hydrogen-bond donors (Lipinski definition) is 1. The van der Waals surface area contributed by atoms with Gasteiger partial charge in [0.25, 0.3) is 0 Å². The van der Waals surface area contributed by atoms with E-state index in [0.29, 0.717) is 18.2 Å². The van der Waals surface area contributed by atoms with Crippen LogP contribution in [0.5, 0.6) is 11.5 Å². The molecule has 0 aliphatic carbocycles. The summed E-state index contributed by atoms with van der Waals surface area (Å²) in [5.74, 6) is 1.51. The van der Waals surface area contributed by atoms with Crippen LogP contribution in [0.2, 0.25) is 5.02 Å². The highest BCUT2D eigenvalue weighted by Gasteiger charge is 2.20. The highest BCUT2D eigenvalue weighted by Crippen LogP contribution is 2.39. The third kappa shape index (κ3) is 2.64. The summed E-state index contributed by atoms with van der Waals surface area (Å²) in [5, 5.41) is 6.08. The normalized spacial score (nSPS) is 15.7. The van der Waals surface area contributed by atoms with Crippen LogP contribution in [0.15, 0.2) is 29.6 Å². The van der Waals surface area contributed by atoms with E-state index >= 15 is 0 Å². The fourth-order valence-electron chi connectivity index (χ4n) is 2.33. The fourth-order valence-corrected chi connectivity index (χ4v) is 3.44. The molecule has 20 heavy (non-hydrogen) atoms. The first-order chi connectivity index (χ1) is 9.79. The lowest BCUT2D eigenvalue weighted by Gasteiger charge is -2.19. The first-order valence-electron chi connectivity index (χ1n) is 6.59. The first-order valence-corrected chi connectivity index (χ1v) is 7.85. The number of fused-ring (bicyclic) bond motifs is 1. The van der Waals surface area contributed by atoms with E-state index in [4.69, 9.17) is 21.1 Å². The minimum atomic E-state index is 0.0691. The summed E-state index contributed by atoms with van der Waals surface area (Å²) in [6.45, 7) is 1.35. The number of benzene rings is 1. The molecule has 2 aromatic rings. The summed E-state index contributed by atoms with van der Waals surface area (Å²) in [5.41, 5.74) is 1.01. The number of ether oxygens (including phenoxy) is 2. The quantitative estimate of drug-likeness (QED) is 0.933. The van der Waals surface area contributed by atoms with Gasteiger partial charge in [0.15, 0.2) is 11.5 Å². The van der Waals surface area contributed by atoms with Crippen LogP contribution in [0.1, 0.15) is 22.9 Å². The van der Waals surface area contributed by atoms with E-state index in [9.17, 15) is 0 Å². The van der Waals surface area contributed by atoms with Crippen molar-refractivity contribution in [3.63, 3.8) is 0 Å². The Labute approximate surface area is 127 Å². The van der Waals surface area contributed by atoms with Gasteiger partial charge in [0.1, 0.15) is 0 Å². The van der Waals surface area contributed by atoms with E-state index in [-0.39, 0.29) is 6.04 Å². The molecule has 0 amide bonds. The van der Waals surface area contributed by atoms with E-state index in [0.717, 1.165) is 23.5 Å². The molecule has 1 aromatic heterocycles. The number of rotatable bonds is 3. The number of thiophene rings is 1. The van der Waals surface area contributed by atoms with Crippen LogP contribution in [-0.4, -0.2) is 20.3 Å². The van der Waals surface area contributed by atoms with Crippen LogP contribution in [0.4, 0.5) is 0 Å². The monoisotopic (exact) mass is 309 g/mol. The van der Waals surface area contributed by atoms with Gasteiger partial charge in [-0.2, -0.15) is 0 Å². The highest BCUT2D eigenvalue weighted by atomic mass is 35.5. The third-order valence-electron chi connectivity index (χ3n) is 3.29. The summed E-state index contributed by atoms with van der Waals surface area (Å²) in [6, 6.07) is 8.06. The van der Waals surface area contributed by atoms with Crippen molar-refractivity contribution in [2.45, 2.75) is 12.5 Å². The molecular weight excluding hydrogens is 294 g/mol. The zero-order valence-electron chi connectivity index (χ0n) is 11.2. The molecule has 0 fully saturated rings. The standard InChI is InChI=1S/C15H16ClNO2S/c1-17-15(14-4-2-7-20-14)10-8-12-13(9-11(10)16)19-6-3-5-18-12/h2,4,7-9,15,17H,3,5-6H2,1H3. The Morgan fingerprint density at radius 3 is 2.65 bits per heavy atom. The molecule has 3 nitrogen and oxygen atoms in total. The Morgan fingerprint density at radius 1 is 1.25 bits per heavy atom. The molecule has 0 spiro atoms. The van der Waals surface area contributed by atoms with Crippen molar-refractivity contribution in [3.8, 4) is 11.5 Å². The zero-order chi connectivity index (χ0) is 13.9. The molecule has 3 rings (SSSR count). The van der Waals surface area contributed by atoms with Gasteiger partial charge in [0.05, 0.1) is 19.3 Å². The van der Waals surface area contributed by atoms with Crippen molar-refractivity contribution in [2.24, 2.45) is 0 Å². The van der Waals surface area contributed by atoms with E-state index in [2.05, 4.69) is 16.8 Å². The summed E-state index contributed by atoms with van der Waals surface area (Å²) in [6.07, 6.45) is 0.891. The van der Waals surface area contributed by atoms with E-state index in [1.807, 2.05) is 25.2 Å². The third-order valence-corrected chi connectivity index (χ3v) is 4.56. The molecule has 1 aliphatic heterocycles. The number of nitrogens with one attached hydrogen (secondary N) is 1. The van der Waals surface area contributed by atoms with Crippen molar-refractivity contribution in [1.82, 2.24) is 5.32 Å². The molecular formula is C15H16ClNO2S. The molecule has 0 saturated carbocycles. The lowest BCUT2D eigenvalue weighted by molar-refractivity contribution is 0.297. The summed E-state index contributed by atoms with van der Waals surface area (Å²) in [4.78, 5) is 1.23. The molecule has 1 atom stereocenters. The Hall–Kier alpha value is -1.23. The summed E-state index contributed by atoms with van der Waals surface area (Å²) < 4.78 is 11.4. The molecule has 1 aliphatic rings. The maximum atomic E-state index is 6.43. The van der Waals surface area contributed by atoms with Gasteiger partial charge in [-0.1, -0.05) is 17.7 Å². The Morgan fingerprint density at radius 2 is 2.00 bits per heavy atom. The van der Waals surface area contributed by atoms with Crippen LogP contribution < -0.4 is 14.8 Å². The second-order valence-electron chi connectivity index (χ2n) is 4.61. The number of hydrogen-bond acceptors (Lipinski definition) is 4. The minimum absolute atomic E-state index is 0.0691. The van der Waals surface area contributed by atoms with Gasteiger partial charge in [-0.3, -0.25) is 0 Å². The van der Waals surface area contributed by atoms with Gasteiger partial charge in [-0.25, -0.2) is 0 Å². The largest absolute Gasteiger partial charge is 0.490 e. The smallest absolute Gasteiger partial charge is 0.162 e. The molecule has 0 bridgehead atoms. The Balaban J connectivity index is 2.02. The van der Waals surface area contributed by atoms with Gasteiger partial charge >= 0.3 is 0 Å². The van der Waals surface area contributed by atoms with Gasteiger partial charge in [-0.15, -0.1) is 11.3 Å². The summed E-state index contributed by atoms with van der Waals surface area (Å²) in [7, 11) is 1.93. The van der Waals surface area contributed by atoms with Gasteiger partial charge in [0, 0.05) is 22.4 Å². The molecule has 2 heterocycles. The van der Waals surface area contributed by atoms with Crippen LogP contribution in [0.25, 0.3) is 0 Å². The van der Waals surface area contributed by atoms with Crippen molar-refractivity contribution in [1.29, 1.82) is 0 Å². The second-order valence-corrected chi connectivity index (χ2v) is 5.99. The average molecular weight is 310 g/mol. The lowest BCUT2D eigenvalue weighted by Crippen LogP contribution is -2.17. The number of halogens is 1. The zero-order valence-corrected chi connectivity index (χ0v) is 12.8. The van der Waals surface area contributed by atoms with Crippen molar-refractivity contribution < 1.29 is 9.47 Å². The Bertz CT molecular complexity index is 586. The topological polar surface area (TPSA) is 30.5 Å². The molecule has 0 saturated heterocycles. The summed E-state index contributed by atoms with van der Waals surface area (Å²) >= 11 is 8.14. The fraction of sp³-hybridized carbons (Fsp3) is 0.333. The lowest BCUT2D eigenvalue weighted by atomic mass is 10.0. The SMILES string of the molecule is CNC(c1cccs1)c1cc2c(cc1Cl)OCCCO2. The van der Waals surface area contributed by atoms with Gasteiger partial charge < -0.3 is 14.8 Å². The molecule has 0 radical (unpaired) electrons. The highest BCUT2D eigenvalue weighted by molar-refractivity contribution is 7.10. The van der Waals surface area contributed by atoms with Gasteiger partial charge in [0.2, 0.25) is 0 Å². The van der Waals surface area contributed by atoms with Crippen LogP contribution >= 0.6 is 22.9 Å². The second kappa shape index (κ2) is 6.04. The van der Waals surface area contributed by atoms with E-state index < -0.39 is 0 Å². The maximum absolute atomic E-state index is 6.43. The van der Waals surface area contributed by atoms with Crippen molar-refractivity contribution >= 4 is 22.9 Å². The van der Waals surface area contributed by atoms with Crippen molar-refractivity contribution in [3.05, 3.63) is 45.1 Å². The Kier molecular flexibility index (Phi) is 4.15. The predicted molar refractivity (Wildman–Crippen MR) is 82.3 cm³/mol. The maximum Gasteiger partial charge on any atom is 0.162 e. The molecule has 106 valence electrons. The van der Waals surface area contributed by atoms with Gasteiger partial charge in [-0.05, 0) is 30.1 Å². The molecule has 1 aromatic carbocycles.